The second-order valence-electron chi connectivity index (χ2n) is 5.35. The van der Waals surface area contributed by atoms with Crippen molar-refractivity contribution >= 4 is 11.6 Å². The van der Waals surface area contributed by atoms with E-state index in [1.54, 1.807) is 11.9 Å². The summed E-state index contributed by atoms with van der Waals surface area (Å²) >= 11 is 0. The summed E-state index contributed by atoms with van der Waals surface area (Å²) in [5.41, 5.74) is 3.10. The van der Waals surface area contributed by atoms with Crippen LogP contribution in [-0.4, -0.2) is 28.1 Å². The first-order chi connectivity index (χ1) is 9.40. The zero-order chi connectivity index (χ0) is 14.9. The van der Waals surface area contributed by atoms with E-state index in [1.807, 2.05) is 39.8 Å². The van der Waals surface area contributed by atoms with Crippen LogP contribution in [0.3, 0.4) is 0 Å². The zero-order valence-corrected chi connectivity index (χ0v) is 12.6. The number of aromatic nitrogens is 3. The molecule has 1 aromatic heterocycles. The highest BCUT2D eigenvalue weighted by molar-refractivity contribution is 6.03. The van der Waals surface area contributed by atoms with Crippen LogP contribution >= 0.6 is 0 Å². The Bertz CT molecular complexity index is 631. The van der Waals surface area contributed by atoms with Gasteiger partial charge in [-0.2, -0.15) is 0 Å². The fourth-order valence-corrected chi connectivity index (χ4v) is 2.07. The van der Waals surface area contributed by atoms with Gasteiger partial charge in [-0.05, 0) is 25.5 Å². The van der Waals surface area contributed by atoms with Crippen LogP contribution in [0.1, 0.15) is 47.3 Å². The molecule has 0 unspecified atom stereocenters. The molecule has 5 heteroatoms. The Kier molecular flexibility index (Phi) is 3.88. The molecule has 0 saturated heterocycles. The topological polar surface area (TPSA) is 61.9 Å². The zero-order valence-electron chi connectivity index (χ0n) is 12.6. The Morgan fingerprint density at radius 1 is 1.30 bits per heavy atom. The van der Waals surface area contributed by atoms with Gasteiger partial charge < -0.3 is 4.90 Å². The maximum absolute atomic E-state index is 12.4. The lowest BCUT2D eigenvalue weighted by Gasteiger charge is -2.18. The van der Waals surface area contributed by atoms with Gasteiger partial charge in [0.05, 0.1) is 0 Å². The molecule has 0 aliphatic heterocycles. The van der Waals surface area contributed by atoms with E-state index in [1.165, 1.54) is 5.56 Å². The number of carbonyl (C=O) groups is 1. The Morgan fingerprint density at radius 3 is 2.55 bits per heavy atom. The molecule has 5 nitrogen and oxygen atoms in total. The number of hydrogen-bond acceptors (Lipinski definition) is 3. The number of nitrogens with zero attached hydrogens (tertiary/aromatic N) is 3. The predicted octanol–water partition coefficient (Wildman–Crippen LogP) is 2.82. The average Bonchev–Trinajstić information content (AvgIpc) is 2.87. The van der Waals surface area contributed by atoms with Gasteiger partial charge >= 0.3 is 0 Å². The van der Waals surface area contributed by atoms with Crippen molar-refractivity contribution in [2.24, 2.45) is 0 Å². The molecule has 0 aliphatic rings. The monoisotopic (exact) mass is 272 g/mol. The van der Waals surface area contributed by atoms with Crippen molar-refractivity contribution in [1.29, 1.82) is 0 Å². The van der Waals surface area contributed by atoms with E-state index in [0.29, 0.717) is 0 Å². The van der Waals surface area contributed by atoms with Gasteiger partial charge in [-0.25, -0.2) is 4.98 Å². The molecule has 1 amide bonds. The number of nitrogens with one attached hydrogen (secondary N) is 1. The van der Waals surface area contributed by atoms with Crippen molar-refractivity contribution in [1.82, 2.24) is 15.2 Å². The van der Waals surface area contributed by atoms with Crippen molar-refractivity contribution in [2.45, 2.75) is 33.6 Å². The number of H-pyrrole nitrogens is 1. The molecule has 0 atom stereocenters. The fourth-order valence-electron chi connectivity index (χ4n) is 2.07. The predicted molar refractivity (Wildman–Crippen MR) is 79.1 cm³/mol. The molecule has 1 aromatic carbocycles. The first-order valence-corrected chi connectivity index (χ1v) is 6.67. The van der Waals surface area contributed by atoms with Crippen LogP contribution in [0, 0.1) is 13.8 Å². The highest BCUT2D eigenvalue weighted by atomic mass is 16.2. The van der Waals surface area contributed by atoms with Gasteiger partial charge in [0.1, 0.15) is 5.82 Å². The third kappa shape index (κ3) is 2.71. The Balaban J connectivity index is 2.27. The minimum absolute atomic E-state index is 0.205. The number of rotatable bonds is 3. The minimum Gasteiger partial charge on any atom is -0.308 e. The van der Waals surface area contributed by atoms with Crippen LogP contribution in [0.4, 0.5) is 5.69 Å². The summed E-state index contributed by atoms with van der Waals surface area (Å²) in [6.45, 7) is 8.03. The van der Waals surface area contributed by atoms with Crippen LogP contribution in [0.5, 0.6) is 0 Å². The van der Waals surface area contributed by atoms with Crippen molar-refractivity contribution in [3.05, 3.63) is 41.0 Å². The molecule has 0 bridgehead atoms. The van der Waals surface area contributed by atoms with Crippen molar-refractivity contribution in [3.8, 4) is 0 Å². The van der Waals surface area contributed by atoms with Crippen molar-refractivity contribution in [3.63, 3.8) is 0 Å². The number of anilines is 1. The molecular weight excluding hydrogens is 252 g/mol. The first kappa shape index (κ1) is 14.2. The summed E-state index contributed by atoms with van der Waals surface area (Å²) in [5, 5.41) is 6.81. The second-order valence-corrected chi connectivity index (χ2v) is 5.35. The van der Waals surface area contributed by atoms with E-state index in [9.17, 15) is 4.79 Å². The minimum atomic E-state index is -0.208. The number of carbonyl (C=O) groups excluding carboxylic acids is 1. The smallest absolute Gasteiger partial charge is 0.297 e. The molecule has 106 valence electrons. The fraction of sp³-hybridized carbons (Fsp3) is 0.400. The van der Waals surface area contributed by atoms with E-state index in [4.69, 9.17) is 0 Å². The molecule has 2 rings (SSSR count). The summed E-state index contributed by atoms with van der Waals surface area (Å²) in [7, 11) is 1.74. The number of benzene rings is 1. The summed E-state index contributed by atoms with van der Waals surface area (Å²) < 4.78 is 0. The molecule has 0 fully saturated rings. The van der Waals surface area contributed by atoms with Gasteiger partial charge in [0.15, 0.2) is 0 Å². The maximum atomic E-state index is 12.4. The lowest BCUT2D eigenvalue weighted by atomic mass is 10.1. The van der Waals surface area contributed by atoms with Gasteiger partial charge in [0, 0.05) is 18.7 Å². The standard InChI is InChI=1S/C15H20N4O/c1-9(2)13-16-14(18-17-13)15(20)19(5)12-7-6-10(3)8-11(12)4/h6-9H,1-5H3,(H,16,17,18). The second kappa shape index (κ2) is 5.45. The number of aryl methyl sites for hydroxylation is 2. The molecule has 0 radical (unpaired) electrons. The molecule has 0 aliphatic carbocycles. The van der Waals surface area contributed by atoms with E-state index >= 15 is 0 Å². The van der Waals surface area contributed by atoms with Gasteiger partial charge in [-0.3, -0.25) is 9.89 Å². The SMILES string of the molecule is Cc1ccc(N(C)C(=O)c2n[nH]c(C(C)C)n2)c(C)c1. The van der Waals surface area contributed by atoms with Crippen LogP contribution in [0.2, 0.25) is 0 Å². The number of hydrogen-bond donors (Lipinski definition) is 1. The molecule has 1 N–H and O–H groups in total. The van der Waals surface area contributed by atoms with E-state index < -0.39 is 0 Å². The number of amides is 1. The highest BCUT2D eigenvalue weighted by Gasteiger charge is 2.20. The largest absolute Gasteiger partial charge is 0.308 e. The lowest BCUT2D eigenvalue weighted by Crippen LogP contribution is -2.28. The molecule has 1 heterocycles. The normalized spacial score (nSPS) is 10.9. The summed E-state index contributed by atoms with van der Waals surface area (Å²) in [6.07, 6.45) is 0. The third-order valence-electron chi connectivity index (χ3n) is 3.26. The summed E-state index contributed by atoms with van der Waals surface area (Å²) in [6, 6.07) is 5.98. The highest BCUT2D eigenvalue weighted by Crippen LogP contribution is 2.21. The van der Waals surface area contributed by atoms with Gasteiger partial charge in [0.25, 0.3) is 5.91 Å². The van der Waals surface area contributed by atoms with Crippen molar-refractivity contribution in [2.75, 3.05) is 11.9 Å². The third-order valence-corrected chi connectivity index (χ3v) is 3.26. The molecule has 0 saturated carbocycles. The van der Waals surface area contributed by atoms with Gasteiger partial charge in [-0.15, -0.1) is 5.10 Å². The lowest BCUT2D eigenvalue weighted by molar-refractivity contribution is 0.0983. The molecular formula is C15H20N4O. The Labute approximate surface area is 119 Å². The molecule has 20 heavy (non-hydrogen) atoms. The Hall–Kier alpha value is -2.17. The summed E-state index contributed by atoms with van der Waals surface area (Å²) in [4.78, 5) is 18.2. The maximum Gasteiger partial charge on any atom is 0.297 e. The first-order valence-electron chi connectivity index (χ1n) is 6.67. The Morgan fingerprint density at radius 2 is 2.00 bits per heavy atom. The van der Waals surface area contributed by atoms with Crippen LogP contribution < -0.4 is 4.90 Å². The van der Waals surface area contributed by atoms with Crippen molar-refractivity contribution < 1.29 is 4.79 Å². The molecule has 0 spiro atoms. The van der Waals surface area contributed by atoms with Gasteiger partial charge in [-0.1, -0.05) is 31.5 Å². The number of aromatic amines is 1. The molecule has 2 aromatic rings. The quantitative estimate of drug-likeness (QED) is 0.934. The van der Waals surface area contributed by atoms with Crippen LogP contribution in [0.15, 0.2) is 18.2 Å². The summed E-state index contributed by atoms with van der Waals surface area (Å²) in [5.74, 6) is 0.939. The van der Waals surface area contributed by atoms with Crippen LogP contribution in [0.25, 0.3) is 0 Å². The average molecular weight is 272 g/mol. The van der Waals surface area contributed by atoms with E-state index in [-0.39, 0.29) is 17.6 Å². The van der Waals surface area contributed by atoms with Crippen LogP contribution in [-0.2, 0) is 0 Å². The van der Waals surface area contributed by atoms with Gasteiger partial charge in [0.2, 0.25) is 5.82 Å². The van der Waals surface area contributed by atoms with E-state index in [0.717, 1.165) is 17.1 Å². The van der Waals surface area contributed by atoms with E-state index in [2.05, 4.69) is 21.2 Å².